The smallest absolute Gasteiger partial charge is 0.317 e. The Kier molecular flexibility index (Phi) is 4.91. The largest absolute Gasteiger partial charge is 0.480 e. The van der Waals surface area contributed by atoms with Gasteiger partial charge in [-0.15, -0.1) is 0 Å². The Morgan fingerprint density at radius 2 is 2.17 bits per heavy atom. The van der Waals surface area contributed by atoms with Crippen molar-refractivity contribution in [3.8, 4) is 0 Å². The van der Waals surface area contributed by atoms with Crippen molar-refractivity contribution < 1.29 is 14.6 Å². The van der Waals surface area contributed by atoms with Gasteiger partial charge in [-0.1, -0.05) is 11.6 Å². The number of nitrogens with zero attached hydrogens (tertiary/aromatic N) is 4. The van der Waals surface area contributed by atoms with Gasteiger partial charge in [-0.2, -0.15) is 5.10 Å². The molecule has 2 bridgehead atoms. The molecular formula is C15H23ClN4O3. The minimum absolute atomic E-state index is 0.0908. The predicted molar refractivity (Wildman–Crippen MR) is 85.5 cm³/mol. The molecule has 2 saturated heterocycles. The van der Waals surface area contributed by atoms with Gasteiger partial charge in [-0.3, -0.25) is 19.3 Å². The summed E-state index contributed by atoms with van der Waals surface area (Å²) in [6.45, 7) is 6.46. The van der Waals surface area contributed by atoms with E-state index in [2.05, 4.69) is 10.00 Å². The van der Waals surface area contributed by atoms with Crippen molar-refractivity contribution in [3.63, 3.8) is 0 Å². The fourth-order valence-electron chi connectivity index (χ4n) is 3.60. The quantitative estimate of drug-likeness (QED) is 0.864. The summed E-state index contributed by atoms with van der Waals surface area (Å²) in [5, 5.41) is 14.1. The monoisotopic (exact) mass is 342 g/mol. The van der Waals surface area contributed by atoms with Gasteiger partial charge < -0.3 is 9.84 Å². The molecule has 0 aliphatic carbocycles. The zero-order valence-electron chi connectivity index (χ0n) is 13.5. The van der Waals surface area contributed by atoms with Gasteiger partial charge >= 0.3 is 5.97 Å². The number of fused-ring (bicyclic) bond motifs is 3. The van der Waals surface area contributed by atoms with Crippen molar-refractivity contribution >= 4 is 17.6 Å². The van der Waals surface area contributed by atoms with Crippen LogP contribution in [0.4, 0.5) is 0 Å². The molecule has 0 unspecified atom stereocenters. The Morgan fingerprint density at radius 3 is 2.83 bits per heavy atom. The van der Waals surface area contributed by atoms with Gasteiger partial charge in [0, 0.05) is 50.7 Å². The molecule has 3 heterocycles. The van der Waals surface area contributed by atoms with E-state index in [9.17, 15) is 4.79 Å². The second-order valence-corrected chi connectivity index (χ2v) is 6.91. The zero-order chi connectivity index (χ0) is 16.6. The molecule has 128 valence electrons. The number of halogens is 1. The van der Waals surface area contributed by atoms with Gasteiger partial charge in [0.15, 0.2) is 0 Å². The third kappa shape index (κ3) is 3.68. The molecule has 0 radical (unpaired) electrons. The maximum atomic E-state index is 11.0. The number of aliphatic carboxylic acids is 1. The predicted octanol–water partition coefficient (Wildman–Crippen LogP) is 0.599. The summed E-state index contributed by atoms with van der Waals surface area (Å²) in [5.41, 5.74) is 1.99. The summed E-state index contributed by atoms with van der Waals surface area (Å²) >= 11 is 6.37. The van der Waals surface area contributed by atoms with Gasteiger partial charge in [0.25, 0.3) is 0 Å². The van der Waals surface area contributed by atoms with Crippen LogP contribution < -0.4 is 0 Å². The van der Waals surface area contributed by atoms with Crippen LogP contribution in [0.2, 0.25) is 5.15 Å². The van der Waals surface area contributed by atoms with E-state index in [1.54, 1.807) is 4.68 Å². The van der Waals surface area contributed by atoms with Crippen LogP contribution in [-0.4, -0.2) is 76.1 Å². The van der Waals surface area contributed by atoms with Gasteiger partial charge in [0.2, 0.25) is 0 Å². The third-order valence-corrected chi connectivity index (χ3v) is 5.12. The van der Waals surface area contributed by atoms with Gasteiger partial charge in [0.05, 0.1) is 25.5 Å². The van der Waals surface area contributed by atoms with Crippen LogP contribution in [0.3, 0.4) is 0 Å². The average Bonchev–Trinajstić information content (AvgIpc) is 2.62. The minimum atomic E-state index is -0.774. The Hall–Kier alpha value is -1.15. The van der Waals surface area contributed by atoms with Crippen LogP contribution >= 0.6 is 11.6 Å². The van der Waals surface area contributed by atoms with E-state index < -0.39 is 5.97 Å². The second kappa shape index (κ2) is 6.76. The first kappa shape index (κ1) is 16.7. The lowest BCUT2D eigenvalue weighted by molar-refractivity contribution is -0.138. The first-order chi connectivity index (χ1) is 10.9. The molecule has 8 heteroatoms. The Balaban J connectivity index is 1.78. The number of ether oxygens (including phenoxy) is 1. The van der Waals surface area contributed by atoms with E-state index in [0.717, 1.165) is 30.9 Å². The highest BCUT2D eigenvalue weighted by molar-refractivity contribution is 6.30. The first-order valence-corrected chi connectivity index (χ1v) is 8.25. The highest BCUT2D eigenvalue weighted by Gasteiger charge is 2.34. The van der Waals surface area contributed by atoms with E-state index >= 15 is 0 Å². The van der Waals surface area contributed by atoms with Crippen LogP contribution in [0.5, 0.6) is 0 Å². The van der Waals surface area contributed by atoms with Crippen molar-refractivity contribution in [2.75, 3.05) is 39.4 Å². The number of carboxylic acids is 1. The molecule has 0 saturated carbocycles. The van der Waals surface area contributed by atoms with Crippen molar-refractivity contribution in [2.24, 2.45) is 13.0 Å². The fraction of sp³-hybridized carbons (Fsp3) is 0.733. The lowest BCUT2D eigenvalue weighted by Crippen LogP contribution is -2.44. The van der Waals surface area contributed by atoms with Gasteiger partial charge in [0.1, 0.15) is 5.15 Å². The number of carbonyl (C=O) groups is 1. The lowest BCUT2D eigenvalue weighted by Gasteiger charge is -2.30. The fourth-order valence-corrected chi connectivity index (χ4v) is 3.83. The first-order valence-electron chi connectivity index (χ1n) is 7.88. The van der Waals surface area contributed by atoms with Crippen LogP contribution in [0.15, 0.2) is 0 Å². The molecule has 2 fully saturated rings. The lowest BCUT2D eigenvalue weighted by atomic mass is 10.1. The molecule has 2 atom stereocenters. The zero-order valence-corrected chi connectivity index (χ0v) is 14.3. The third-order valence-electron chi connectivity index (χ3n) is 4.65. The van der Waals surface area contributed by atoms with Crippen molar-refractivity contribution in [1.82, 2.24) is 19.6 Å². The van der Waals surface area contributed by atoms with E-state index in [0.29, 0.717) is 30.8 Å². The molecule has 0 aromatic carbocycles. The van der Waals surface area contributed by atoms with Crippen molar-refractivity contribution in [1.29, 1.82) is 0 Å². The number of aryl methyl sites for hydroxylation is 2. The molecule has 1 aromatic rings. The molecule has 23 heavy (non-hydrogen) atoms. The van der Waals surface area contributed by atoms with Crippen LogP contribution in [0, 0.1) is 12.8 Å². The normalized spacial score (nSPS) is 26.2. The van der Waals surface area contributed by atoms with E-state index in [-0.39, 0.29) is 12.6 Å². The summed E-state index contributed by atoms with van der Waals surface area (Å²) in [5.74, 6) is -0.457. The van der Waals surface area contributed by atoms with Gasteiger partial charge in [-0.05, 0) is 6.92 Å². The summed E-state index contributed by atoms with van der Waals surface area (Å²) in [4.78, 5) is 15.4. The molecular weight excluding hydrogens is 320 g/mol. The van der Waals surface area contributed by atoms with Gasteiger partial charge in [-0.25, -0.2) is 0 Å². The molecule has 3 rings (SSSR count). The number of rotatable bonds is 4. The Bertz CT molecular complexity index is 592. The number of hydrogen-bond acceptors (Lipinski definition) is 5. The standard InChI is InChI=1S/C15H23ClN4O3/c1-10-13(15(16)18(2)17-10)6-20-4-11-3-19(7-14(21)22)5-12(20)9-23-8-11/h11-12H,3-9H2,1-2H3,(H,21,22)/t11-,12-/m0/s1. The molecule has 1 N–H and O–H groups in total. The molecule has 0 spiro atoms. The summed E-state index contributed by atoms with van der Waals surface area (Å²) in [7, 11) is 1.84. The minimum Gasteiger partial charge on any atom is -0.480 e. The topological polar surface area (TPSA) is 70.8 Å². The van der Waals surface area contributed by atoms with Crippen molar-refractivity contribution in [3.05, 3.63) is 16.4 Å². The highest BCUT2D eigenvalue weighted by Crippen LogP contribution is 2.26. The number of hydrogen-bond donors (Lipinski definition) is 1. The summed E-state index contributed by atoms with van der Waals surface area (Å²) < 4.78 is 7.48. The maximum Gasteiger partial charge on any atom is 0.317 e. The highest BCUT2D eigenvalue weighted by atomic mass is 35.5. The maximum absolute atomic E-state index is 11.0. The average molecular weight is 343 g/mol. The number of carboxylic acid groups (broad SMARTS) is 1. The second-order valence-electron chi connectivity index (χ2n) is 6.55. The van der Waals surface area contributed by atoms with Crippen molar-refractivity contribution in [2.45, 2.75) is 19.5 Å². The molecule has 2 aliphatic heterocycles. The Labute approximate surface area is 140 Å². The van der Waals surface area contributed by atoms with E-state index in [1.807, 2.05) is 18.9 Å². The SMILES string of the molecule is Cc1nn(C)c(Cl)c1CN1C[C@H]2COC[C@@H]1CN(CC(=O)O)C2. The van der Waals surface area contributed by atoms with E-state index in [4.69, 9.17) is 21.4 Å². The summed E-state index contributed by atoms with van der Waals surface area (Å²) in [6, 6.07) is 0.178. The molecule has 7 nitrogen and oxygen atoms in total. The molecule has 0 amide bonds. The Morgan fingerprint density at radius 1 is 1.39 bits per heavy atom. The van der Waals surface area contributed by atoms with Crippen LogP contribution in [-0.2, 0) is 23.1 Å². The molecule has 1 aromatic heterocycles. The number of aromatic nitrogens is 2. The summed E-state index contributed by atoms with van der Waals surface area (Å²) in [6.07, 6.45) is 0. The molecule has 2 aliphatic rings. The van der Waals surface area contributed by atoms with E-state index in [1.165, 1.54) is 0 Å². The van der Waals surface area contributed by atoms with Crippen LogP contribution in [0.25, 0.3) is 0 Å². The van der Waals surface area contributed by atoms with Crippen LogP contribution in [0.1, 0.15) is 11.3 Å².